The van der Waals surface area contributed by atoms with Crippen LogP contribution in [0.1, 0.15) is 10.5 Å². The molecule has 0 aliphatic carbocycles. The van der Waals surface area contributed by atoms with Crippen molar-refractivity contribution in [3.05, 3.63) is 63.8 Å². The lowest BCUT2D eigenvalue weighted by Crippen LogP contribution is -2.05. The molecule has 0 aliphatic rings. The third kappa shape index (κ3) is 2.47. The molecule has 3 rings (SSSR count). The van der Waals surface area contributed by atoms with Crippen molar-refractivity contribution in [2.45, 2.75) is 0 Å². The van der Waals surface area contributed by atoms with Crippen LogP contribution in [0.25, 0.3) is 16.4 Å². The predicted molar refractivity (Wildman–Crippen MR) is 80.5 cm³/mol. The summed E-state index contributed by atoms with van der Waals surface area (Å²) in [7, 11) is 0. The molecule has 0 spiro atoms. The third-order valence-corrected chi connectivity index (χ3v) is 3.91. The molecule has 0 aliphatic heterocycles. The number of carboxylic acid groups (broad SMARTS) is 1. The molecule has 1 aromatic carbocycles. The average Bonchev–Trinajstić information content (AvgIpc) is 3.16. The van der Waals surface area contributed by atoms with E-state index >= 15 is 0 Å². The van der Waals surface area contributed by atoms with E-state index in [0.29, 0.717) is 10.8 Å². The van der Waals surface area contributed by atoms with Crippen molar-refractivity contribution >= 4 is 23.0 Å². The van der Waals surface area contributed by atoms with Crippen LogP contribution in [0, 0.1) is 10.1 Å². The molecule has 0 fully saturated rings. The van der Waals surface area contributed by atoms with Gasteiger partial charge in [-0.05, 0) is 24.3 Å². The van der Waals surface area contributed by atoms with Crippen LogP contribution in [0.2, 0.25) is 0 Å². The number of benzene rings is 1. The highest BCUT2D eigenvalue weighted by Gasteiger charge is 2.14. The van der Waals surface area contributed by atoms with Gasteiger partial charge in [0.05, 0.1) is 4.92 Å². The minimum atomic E-state index is -1.03. The summed E-state index contributed by atoms with van der Waals surface area (Å²) in [6.07, 6.45) is 1.62. The van der Waals surface area contributed by atoms with E-state index in [9.17, 15) is 14.9 Å². The number of aromatic carboxylic acids is 1. The number of nitro benzene ring substituents is 1. The van der Waals surface area contributed by atoms with E-state index in [2.05, 4.69) is 4.98 Å². The molecule has 0 saturated heterocycles. The molecule has 1 N–H and O–H groups in total. The van der Waals surface area contributed by atoms with Crippen molar-refractivity contribution in [3.63, 3.8) is 0 Å². The molecule has 3 aromatic rings. The summed E-state index contributed by atoms with van der Waals surface area (Å²) in [5.41, 5.74) is 0.880. The molecule has 0 unspecified atom stereocenters. The summed E-state index contributed by atoms with van der Waals surface area (Å²) in [4.78, 5) is 25.7. The topological polar surface area (TPSA) is 98.3 Å². The summed E-state index contributed by atoms with van der Waals surface area (Å²) < 4.78 is 1.48. The van der Waals surface area contributed by atoms with E-state index in [0.717, 1.165) is 5.56 Å². The summed E-state index contributed by atoms with van der Waals surface area (Å²) in [6, 6.07) is 9.19. The molecule has 0 saturated carbocycles. The number of carboxylic acids is 1. The molecule has 110 valence electrons. The number of thiazole rings is 1. The zero-order valence-electron chi connectivity index (χ0n) is 11.0. The van der Waals surface area contributed by atoms with E-state index in [-0.39, 0.29) is 11.4 Å². The molecule has 7 nitrogen and oxygen atoms in total. The summed E-state index contributed by atoms with van der Waals surface area (Å²) in [6.45, 7) is 0. The molecule has 0 amide bonds. The van der Waals surface area contributed by atoms with Crippen molar-refractivity contribution < 1.29 is 14.8 Å². The van der Waals surface area contributed by atoms with E-state index in [1.54, 1.807) is 29.8 Å². The fourth-order valence-corrected chi connectivity index (χ4v) is 2.79. The zero-order valence-corrected chi connectivity index (χ0v) is 11.9. The molecule has 22 heavy (non-hydrogen) atoms. The van der Waals surface area contributed by atoms with Crippen LogP contribution >= 0.6 is 11.3 Å². The lowest BCUT2D eigenvalue weighted by molar-refractivity contribution is -0.384. The van der Waals surface area contributed by atoms with Crippen molar-refractivity contribution in [3.8, 4) is 16.4 Å². The zero-order chi connectivity index (χ0) is 15.7. The highest BCUT2D eigenvalue weighted by atomic mass is 32.1. The lowest BCUT2D eigenvalue weighted by Gasteiger charge is -2.01. The maximum Gasteiger partial charge on any atom is 0.352 e. The molecule has 8 heteroatoms. The maximum absolute atomic E-state index is 11.1. The van der Waals surface area contributed by atoms with Gasteiger partial charge in [-0.3, -0.25) is 14.7 Å². The van der Waals surface area contributed by atoms with E-state index in [1.807, 2.05) is 0 Å². The summed E-state index contributed by atoms with van der Waals surface area (Å²) in [5.74, 6) is -0.532. The Morgan fingerprint density at radius 2 is 2.00 bits per heavy atom. The Morgan fingerprint density at radius 1 is 1.27 bits per heavy atom. The third-order valence-electron chi connectivity index (χ3n) is 3.03. The minimum Gasteiger partial charge on any atom is -0.477 e. The highest BCUT2D eigenvalue weighted by Crippen LogP contribution is 2.27. The second-order valence-electron chi connectivity index (χ2n) is 4.38. The van der Waals surface area contributed by atoms with Gasteiger partial charge in [-0.2, -0.15) is 0 Å². The number of carbonyl (C=O) groups is 1. The first-order valence-electron chi connectivity index (χ1n) is 6.17. The molecule has 0 atom stereocenters. The Hall–Kier alpha value is -3.00. The molecule has 2 heterocycles. The largest absolute Gasteiger partial charge is 0.477 e. The quantitative estimate of drug-likeness (QED) is 0.589. The smallest absolute Gasteiger partial charge is 0.352 e. The molecular formula is C14H9N3O4S. The Balaban J connectivity index is 1.95. The van der Waals surface area contributed by atoms with Crippen LogP contribution in [0.4, 0.5) is 5.69 Å². The lowest BCUT2D eigenvalue weighted by atomic mass is 10.2. The number of hydrogen-bond donors (Lipinski definition) is 1. The van der Waals surface area contributed by atoms with Crippen LogP contribution in [-0.2, 0) is 0 Å². The fraction of sp³-hybridized carbons (Fsp3) is 0. The van der Waals surface area contributed by atoms with Gasteiger partial charge in [-0.25, -0.2) is 9.78 Å². The molecule has 0 radical (unpaired) electrons. The van der Waals surface area contributed by atoms with Crippen LogP contribution < -0.4 is 0 Å². The average molecular weight is 315 g/mol. The van der Waals surface area contributed by atoms with E-state index in [1.165, 1.54) is 34.1 Å². The SMILES string of the molecule is O=C(O)c1cccn1-c1csc(-c2ccc([N+](=O)[O-])cc2)n1. The van der Waals surface area contributed by atoms with E-state index in [4.69, 9.17) is 5.11 Å². The first kappa shape index (κ1) is 14.0. The first-order chi connectivity index (χ1) is 10.6. The molecular weight excluding hydrogens is 306 g/mol. The van der Waals surface area contributed by atoms with Gasteiger partial charge in [0.15, 0.2) is 0 Å². The van der Waals surface area contributed by atoms with Gasteiger partial charge >= 0.3 is 5.97 Å². The molecule has 2 aromatic heterocycles. The van der Waals surface area contributed by atoms with Gasteiger partial charge in [0.1, 0.15) is 16.5 Å². The number of hydrogen-bond acceptors (Lipinski definition) is 5. The second kappa shape index (κ2) is 5.41. The predicted octanol–water partition coefficient (Wildman–Crippen LogP) is 3.21. The number of nitro groups is 1. The number of aromatic nitrogens is 2. The Kier molecular flexibility index (Phi) is 3.43. The van der Waals surface area contributed by atoms with Crippen molar-refractivity contribution in [2.24, 2.45) is 0 Å². The maximum atomic E-state index is 11.1. The number of nitrogens with zero attached hydrogens (tertiary/aromatic N) is 3. The van der Waals surface area contributed by atoms with Crippen LogP contribution in [0.3, 0.4) is 0 Å². The minimum absolute atomic E-state index is 0.0131. The fourth-order valence-electron chi connectivity index (χ4n) is 1.99. The Labute approximate surface area is 128 Å². The van der Waals surface area contributed by atoms with Crippen LogP contribution in [-0.4, -0.2) is 25.6 Å². The van der Waals surface area contributed by atoms with Gasteiger partial charge in [-0.1, -0.05) is 0 Å². The summed E-state index contributed by atoms with van der Waals surface area (Å²) in [5, 5.41) is 22.2. The number of non-ortho nitro benzene ring substituents is 1. The first-order valence-corrected chi connectivity index (χ1v) is 7.05. The van der Waals surface area contributed by atoms with Crippen molar-refractivity contribution in [2.75, 3.05) is 0 Å². The number of rotatable bonds is 4. The van der Waals surface area contributed by atoms with Crippen molar-refractivity contribution in [1.82, 2.24) is 9.55 Å². The normalized spacial score (nSPS) is 10.5. The van der Waals surface area contributed by atoms with E-state index < -0.39 is 10.9 Å². The second-order valence-corrected chi connectivity index (χ2v) is 5.24. The summed E-state index contributed by atoms with van der Waals surface area (Å²) >= 11 is 1.34. The molecule has 0 bridgehead atoms. The Bertz CT molecular complexity index is 851. The van der Waals surface area contributed by atoms with Gasteiger partial charge in [0.25, 0.3) is 5.69 Å². The monoisotopic (exact) mass is 315 g/mol. The van der Waals surface area contributed by atoms with Crippen LogP contribution in [0.5, 0.6) is 0 Å². The highest BCUT2D eigenvalue weighted by molar-refractivity contribution is 7.13. The van der Waals surface area contributed by atoms with Gasteiger partial charge in [0, 0.05) is 29.3 Å². The van der Waals surface area contributed by atoms with Gasteiger partial charge in [-0.15, -0.1) is 11.3 Å². The standard InChI is InChI=1S/C14H9N3O4S/c18-14(19)11-2-1-7-16(11)12-8-22-13(15-12)9-3-5-10(6-4-9)17(20)21/h1-8H,(H,18,19). The van der Waals surface area contributed by atoms with Gasteiger partial charge < -0.3 is 5.11 Å². The van der Waals surface area contributed by atoms with Crippen LogP contribution in [0.15, 0.2) is 48.0 Å². The Morgan fingerprint density at radius 3 is 2.64 bits per heavy atom. The van der Waals surface area contributed by atoms with Gasteiger partial charge in [0.2, 0.25) is 0 Å². The van der Waals surface area contributed by atoms with Crippen molar-refractivity contribution in [1.29, 1.82) is 0 Å².